The van der Waals surface area contributed by atoms with E-state index in [0.29, 0.717) is 0 Å². The van der Waals surface area contributed by atoms with Gasteiger partial charge in [0.05, 0.1) is 11.0 Å². The summed E-state index contributed by atoms with van der Waals surface area (Å²) >= 11 is 0. The van der Waals surface area contributed by atoms with Crippen molar-refractivity contribution in [2.45, 2.75) is 19.3 Å². The van der Waals surface area contributed by atoms with Crippen LogP contribution in [0, 0.1) is 0 Å². The summed E-state index contributed by atoms with van der Waals surface area (Å²) in [6.07, 6.45) is 5.89. The highest BCUT2D eigenvalue weighted by Crippen LogP contribution is 2.24. The minimum absolute atomic E-state index is 1.04. The van der Waals surface area contributed by atoms with Crippen molar-refractivity contribution in [3.63, 3.8) is 0 Å². The smallest absolute Gasteiger partial charge is 0.100 e. The van der Waals surface area contributed by atoms with Gasteiger partial charge >= 0.3 is 0 Å². The number of aromatic nitrogens is 2. The number of hydrogen-bond donors (Lipinski definition) is 0. The number of piperidine rings is 1. The van der Waals surface area contributed by atoms with Crippen molar-refractivity contribution in [3.8, 4) is 5.69 Å². The molecule has 1 fully saturated rings. The molecule has 0 spiro atoms. The van der Waals surface area contributed by atoms with E-state index < -0.39 is 0 Å². The molecule has 4 rings (SSSR count). The third kappa shape index (κ3) is 2.29. The summed E-state index contributed by atoms with van der Waals surface area (Å²) in [5.74, 6) is 0. The van der Waals surface area contributed by atoms with E-state index in [1.165, 1.54) is 43.7 Å². The van der Waals surface area contributed by atoms with Crippen LogP contribution in [0.1, 0.15) is 19.3 Å². The quantitative estimate of drug-likeness (QED) is 0.705. The molecule has 3 heteroatoms. The Labute approximate surface area is 124 Å². The Morgan fingerprint density at radius 1 is 0.810 bits per heavy atom. The third-order valence-electron chi connectivity index (χ3n) is 4.28. The first-order valence-corrected chi connectivity index (χ1v) is 7.69. The van der Waals surface area contributed by atoms with Crippen molar-refractivity contribution in [1.82, 2.24) is 9.55 Å². The summed E-state index contributed by atoms with van der Waals surface area (Å²) in [6.45, 7) is 2.35. The molecule has 3 nitrogen and oxygen atoms in total. The lowest BCUT2D eigenvalue weighted by atomic mass is 10.1. The van der Waals surface area contributed by atoms with Crippen molar-refractivity contribution in [3.05, 3.63) is 54.9 Å². The molecule has 2 aromatic carbocycles. The minimum Gasteiger partial charge on any atom is -0.371 e. The average Bonchev–Trinajstić information content (AvgIpc) is 3.00. The molecule has 0 atom stereocenters. The van der Waals surface area contributed by atoms with E-state index in [0.717, 1.165) is 11.0 Å². The summed E-state index contributed by atoms with van der Waals surface area (Å²) in [7, 11) is 0. The molecule has 1 aliphatic rings. The molecule has 0 N–H and O–H groups in total. The molecule has 0 aliphatic carbocycles. The second-order valence-electron chi connectivity index (χ2n) is 5.67. The van der Waals surface area contributed by atoms with E-state index in [-0.39, 0.29) is 0 Å². The van der Waals surface area contributed by atoms with E-state index in [9.17, 15) is 0 Å². The average molecular weight is 277 g/mol. The maximum atomic E-state index is 4.49. The van der Waals surface area contributed by atoms with Gasteiger partial charge in [-0.3, -0.25) is 4.57 Å². The zero-order valence-corrected chi connectivity index (χ0v) is 12.1. The number of benzene rings is 2. The molecule has 2 heterocycles. The van der Waals surface area contributed by atoms with Gasteiger partial charge in [0.2, 0.25) is 0 Å². The SMILES string of the molecule is c1cc(N2CCCCC2)cc(-n2cnc3ccccc32)c1. The number of para-hydroxylation sites is 2. The topological polar surface area (TPSA) is 21.1 Å². The molecule has 0 unspecified atom stereocenters. The molecule has 0 bridgehead atoms. The van der Waals surface area contributed by atoms with Crippen molar-refractivity contribution in [2.24, 2.45) is 0 Å². The Balaban J connectivity index is 1.75. The molecule has 0 amide bonds. The fraction of sp³-hybridized carbons (Fsp3) is 0.278. The predicted octanol–water partition coefficient (Wildman–Crippen LogP) is 4.02. The summed E-state index contributed by atoms with van der Waals surface area (Å²) in [4.78, 5) is 6.98. The van der Waals surface area contributed by atoms with E-state index in [1.54, 1.807) is 0 Å². The lowest BCUT2D eigenvalue weighted by molar-refractivity contribution is 0.578. The van der Waals surface area contributed by atoms with Gasteiger partial charge < -0.3 is 4.90 Å². The molecular weight excluding hydrogens is 258 g/mol. The monoisotopic (exact) mass is 277 g/mol. The second-order valence-corrected chi connectivity index (χ2v) is 5.67. The van der Waals surface area contributed by atoms with Gasteiger partial charge in [0.1, 0.15) is 6.33 Å². The number of anilines is 1. The summed E-state index contributed by atoms with van der Waals surface area (Å²) in [6, 6.07) is 17.1. The number of imidazole rings is 1. The lowest BCUT2D eigenvalue weighted by Gasteiger charge is -2.29. The maximum absolute atomic E-state index is 4.49. The summed E-state index contributed by atoms with van der Waals surface area (Å²) in [5, 5.41) is 0. The van der Waals surface area contributed by atoms with Crippen LogP contribution in [-0.4, -0.2) is 22.6 Å². The zero-order chi connectivity index (χ0) is 14.1. The van der Waals surface area contributed by atoms with Crippen LogP contribution in [0.3, 0.4) is 0 Å². The van der Waals surface area contributed by atoms with Crippen LogP contribution < -0.4 is 4.90 Å². The van der Waals surface area contributed by atoms with Crippen LogP contribution in [0.5, 0.6) is 0 Å². The fourth-order valence-corrected chi connectivity index (χ4v) is 3.16. The molecule has 1 saturated heterocycles. The molecule has 21 heavy (non-hydrogen) atoms. The van der Waals surface area contributed by atoms with E-state index in [4.69, 9.17) is 0 Å². The van der Waals surface area contributed by atoms with Crippen LogP contribution in [0.25, 0.3) is 16.7 Å². The molecule has 106 valence electrons. The Kier molecular flexibility index (Phi) is 3.11. The highest BCUT2D eigenvalue weighted by molar-refractivity contribution is 5.77. The summed E-state index contributed by atoms with van der Waals surface area (Å²) in [5.41, 5.74) is 4.71. The fourth-order valence-electron chi connectivity index (χ4n) is 3.16. The van der Waals surface area contributed by atoms with Gasteiger partial charge in [-0.15, -0.1) is 0 Å². The van der Waals surface area contributed by atoms with Gasteiger partial charge in [-0.1, -0.05) is 18.2 Å². The Hall–Kier alpha value is -2.29. The van der Waals surface area contributed by atoms with Gasteiger partial charge in [-0.2, -0.15) is 0 Å². The van der Waals surface area contributed by atoms with Crippen molar-refractivity contribution in [2.75, 3.05) is 18.0 Å². The normalized spacial score (nSPS) is 15.5. The second kappa shape index (κ2) is 5.24. The zero-order valence-electron chi connectivity index (χ0n) is 12.1. The predicted molar refractivity (Wildman–Crippen MR) is 87.1 cm³/mol. The van der Waals surface area contributed by atoms with Crippen LogP contribution in [-0.2, 0) is 0 Å². The van der Waals surface area contributed by atoms with E-state index in [1.807, 2.05) is 12.4 Å². The number of rotatable bonds is 2. The van der Waals surface area contributed by atoms with Crippen molar-refractivity contribution >= 4 is 16.7 Å². The lowest BCUT2D eigenvalue weighted by Crippen LogP contribution is -2.29. The van der Waals surface area contributed by atoms with Crippen molar-refractivity contribution in [1.29, 1.82) is 0 Å². The Bertz CT molecular complexity index is 754. The van der Waals surface area contributed by atoms with Crippen LogP contribution in [0.4, 0.5) is 5.69 Å². The summed E-state index contributed by atoms with van der Waals surface area (Å²) < 4.78 is 2.17. The van der Waals surface area contributed by atoms with Crippen molar-refractivity contribution < 1.29 is 0 Å². The van der Waals surface area contributed by atoms with E-state index >= 15 is 0 Å². The molecular formula is C18H19N3. The van der Waals surface area contributed by atoms with Crippen LogP contribution >= 0.6 is 0 Å². The first-order valence-electron chi connectivity index (χ1n) is 7.69. The highest BCUT2D eigenvalue weighted by atomic mass is 15.1. The van der Waals surface area contributed by atoms with Gasteiger partial charge in [-0.25, -0.2) is 4.98 Å². The third-order valence-corrected chi connectivity index (χ3v) is 4.28. The van der Waals surface area contributed by atoms with Crippen LogP contribution in [0.15, 0.2) is 54.9 Å². The number of fused-ring (bicyclic) bond motifs is 1. The molecule has 0 radical (unpaired) electrons. The Morgan fingerprint density at radius 2 is 1.62 bits per heavy atom. The largest absolute Gasteiger partial charge is 0.371 e. The first-order chi connectivity index (χ1) is 10.4. The van der Waals surface area contributed by atoms with E-state index in [2.05, 4.69) is 56.9 Å². The molecule has 1 aromatic heterocycles. The van der Waals surface area contributed by atoms with Gasteiger partial charge in [0.15, 0.2) is 0 Å². The Morgan fingerprint density at radius 3 is 2.52 bits per heavy atom. The number of hydrogen-bond acceptors (Lipinski definition) is 2. The molecule has 3 aromatic rings. The maximum Gasteiger partial charge on any atom is 0.100 e. The molecule has 1 aliphatic heterocycles. The van der Waals surface area contributed by atoms with Gasteiger partial charge in [0, 0.05) is 24.5 Å². The standard InChI is InChI=1S/C18H19N3/c1-4-11-20(12-5-1)15-7-6-8-16(13-15)21-14-19-17-9-2-3-10-18(17)21/h2-3,6-10,13-14H,1,4-5,11-12H2. The van der Waals surface area contributed by atoms with Gasteiger partial charge in [0.25, 0.3) is 0 Å². The highest BCUT2D eigenvalue weighted by Gasteiger charge is 2.12. The van der Waals surface area contributed by atoms with Crippen LogP contribution in [0.2, 0.25) is 0 Å². The molecule has 0 saturated carbocycles. The van der Waals surface area contributed by atoms with Gasteiger partial charge in [-0.05, 0) is 49.6 Å². The number of nitrogens with zero attached hydrogens (tertiary/aromatic N) is 3. The first kappa shape index (κ1) is 12.5. The minimum atomic E-state index is 1.04.